The number of benzene rings is 1. The Morgan fingerprint density at radius 3 is 2.30 bits per heavy atom. The number of nitrogens with one attached hydrogen (secondary N) is 1. The fraction of sp³-hybridized carbons (Fsp3) is 0.273. The van der Waals surface area contributed by atoms with E-state index in [9.17, 15) is 18.0 Å². The van der Waals surface area contributed by atoms with Crippen molar-refractivity contribution in [1.29, 1.82) is 0 Å². The average molecular weight is 458 g/mol. The molecule has 0 radical (unpaired) electrons. The van der Waals surface area contributed by atoms with Gasteiger partial charge in [0.2, 0.25) is 0 Å². The molecule has 4 rings (SSSR count). The zero-order valence-corrected chi connectivity index (χ0v) is 17.7. The van der Waals surface area contributed by atoms with Gasteiger partial charge in [0.15, 0.2) is 11.6 Å². The fourth-order valence-corrected chi connectivity index (χ4v) is 3.42. The summed E-state index contributed by atoms with van der Waals surface area (Å²) in [5.41, 5.74) is 1.38. The van der Waals surface area contributed by atoms with Gasteiger partial charge in [0.05, 0.1) is 0 Å². The largest absolute Gasteiger partial charge is 0.573 e. The summed E-state index contributed by atoms with van der Waals surface area (Å²) in [6.45, 7) is 4.00. The SMILES string of the molecule is Cc1ccnc(Nc2ccc(N3CCN(C(=O)c4ccc(OC(F)(F)F)cc4)CC3)nn2)c1. The number of hydrogen-bond donors (Lipinski definition) is 1. The highest BCUT2D eigenvalue weighted by molar-refractivity contribution is 5.94. The summed E-state index contributed by atoms with van der Waals surface area (Å²) in [4.78, 5) is 20.6. The molecule has 3 heterocycles. The van der Waals surface area contributed by atoms with Gasteiger partial charge < -0.3 is 19.9 Å². The van der Waals surface area contributed by atoms with Gasteiger partial charge in [-0.25, -0.2) is 4.98 Å². The quantitative estimate of drug-likeness (QED) is 0.623. The Balaban J connectivity index is 1.31. The van der Waals surface area contributed by atoms with Crippen LogP contribution in [0.4, 0.5) is 30.6 Å². The Hall–Kier alpha value is -3.89. The van der Waals surface area contributed by atoms with Crippen molar-refractivity contribution in [2.45, 2.75) is 13.3 Å². The van der Waals surface area contributed by atoms with E-state index in [1.165, 1.54) is 12.1 Å². The lowest BCUT2D eigenvalue weighted by molar-refractivity contribution is -0.274. The van der Waals surface area contributed by atoms with Gasteiger partial charge in [-0.1, -0.05) is 0 Å². The topological polar surface area (TPSA) is 83.5 Å². The van der Waals surface area contributed by atoms with Crippen LogP contribution in [0.2, 0.25) is 0 Å². The number of piperazine rings is 1. The van der Waals surface area contributed by atoms with E-state index >= 15 is 0 Å². The van der Waals surface area contributed by atoms with E-state index in [4.69, 9.17) is 0 Å². The van der Waals surface area contributed by atoms with Gasteiger partial charge in [0.25, 0.3) is 5.91 Å². The molecular formula is C22H21F3N6O2. The average Bonchev–Trinajstić information content (AvgIpc) is 2.79. The first-order valence-corrected chi connectivity index (χ1v) is 10.2. The minimum Gasteiger partial charge on any atom is -0.406 e. The van der Waals surface area contributed by atoms with E-state index in [0.717, 1.165) is 17.7 Å². The highest BCUT2D eigenvalue weighted by Crippen LogP contribution is 2.23. The molecule has 1 aliphatic heterocycles. The maximum atomic E-state index is 12.7. The van der Waals surface area contributed by atoms with Crippen LogP contribution in [0.1, 0.15) is 15.9 Å². The number of halogens is 3. The van der Waals surface area contributed by atoms with Gasteiger partial charge in [-0.05, 0) is 61.0 Å². The summed E-state index contributed by atoms with van der Waals surface area (Å²) in [6, 6.07) is 12.4. The number of aryl methyl sites for hydroxylation is 1. The summed E-state index contributed by atoms with van der Waals surface area (Å²) in [6.07, 6.45) is -3.05. The molecule has 0 spiro atoms. The van der Waals surface area contributed by atoms with Gasteiger partial charge in [0.1, 0.15) is 11.6 Å². The van der Waals surface area contributed by atoms with Crippen LogP contribution in [0, 0.1) is 6.92 Å². The maximum absolute atomic E-state index is 12.7. The minimum atomic E-state index is -4.77. The van der Waals surface area contributed by atoms with Crippen LogP contribution >= 0.6 is 0 Å². The molecule has 11 heteroatoms. The predicted octanol–water partition coefficient (Wildman–Crippen LogP) is 3.78. The van der Waals surface area contributed by atoms with Crippen LogP contribution in [0.3, 0.4) is 0 Å². The van der Waals surface area contributed by atoms with Gasteiger partial charge in [-0.2, -0.15) is 0 Å². The minimum absolute atomic E-state index is 0.246. The first kappa shape index (κ1) is 22.3. The molecule has 172 valence electrons. The van der Waals surface area contributed by atoms with Crippen molar-refractivity contribution in [2.24, 2.45) is 0 Å². The molecule has 1 N–H and O–H groups in total. The molecule has 0 unspecified atom stereocenters. The number of ether oxygens (including phenoxy) is 1. The second-order valence-electron chi connectivity index (χ2n) is 7.47. The first-order valence-electron chi connectivity index (χ1n) is 10.2. The number of rotatable bonds is 5. The molecule has 33 heavy (non-hydrogen) atoms. The molecule has 3 aromatic rings. The lowest BCUT2D eigenvalue weighted by atomic mass is 10.1. The number of amides is 1. The molecule has 0 saturated carbocycles. The number of pyridine rings is 1. The summed E-state index contributed by atoms with van der Waals surface area (Å²) in [5.74, 6) is 1.34. The number of carbonyl (C=O) groups excluding carboxylic acids is 1. The molecular weight excluding hydrogens is 437 g/mol. The second kappa shape index (κ2) is 9.31. The van der Waals surface area contributed by atoms with Crippen molar-refractivity contribution in [3.05, 3.63) is 65.9 Å². The standard InChI is InChI=1S/C22H21F3N6O2/c1-15-8-9-26-19(14-15)27-18-6-7-20(29-28-18)30-10-12-31(13-11-30)21(32)16-2-4-17(5-3-16)33-22(23,24)25/h2-9,14H,10-13H2,1H3,(H,26,27,28). The monoisotopic (exact) mass is 458 g/mol. The van der Waals surface area contributed by atoms with Crippen molar-refractivity contribution < 1.29 is 22.7 Å². The predicted molar refractivity (Wildman–Crippen MR) is 116 cm³/mol. The van der Waals surface area contributed by atoms with Crippen molar-refractivity contribution in [3.63, 3.8) is 0 Å². The molecule has 1 aromatic carbocycles. The molecule has 0 aliphatic carbocycles. The molecule has 0 bridgehead atoms. The van der Waals surface area contributed by atoms with Crippen molar-refractivity contribution >= 4 is 23.4 Å². The summed E-state index contributed by atoms with van der Waals surface area (Å²) in [7, 11) is 0. The third-order valence-electron chi connectivity index (χ3n) is 5.05. The van der Waals surface area contributed by atoms with Crippen molar-refractivity contribution in [2.75, 3.05) is 36.4 Å². The zero-order chi connectivity index (χ0) is 23.4. The third-order valence-corrected chi connectivity index (χ3v) is 5.05. The van der Waals surface area contributed by atoms with E-state index in [1.807, 2.05) is 36.1 Å². The fourth-order valence-electron chi connectivity index (χ4n) is 3.42. The molecule has 8 nitrogen and oxygen atoms in total. The number of alkyl halides is 3. The molecule has 0 atom stereocenters. The highest BCUT2D eigenvalue weighted by atomic mass is 19.4. The molecule has 1 saturated heterocycles. The van der Waals surface area contributed by atoms with Gasteiger partial charge >= 0.3 is 6.36 Å². The van der Waals surface area contributed by atoms with Crippen molar-refractivity contribution in [3.8, 4) is 5.75 Å². The number of aromatic nitrogens is 3. The van der Waals surface area contributed by atoms with E-state index in [2.05, 4.69) is 25.2 Å². The van der Waals surface area contributed by atoms with Crippen LogP contribution in [-0.4, -0.2) is 58.5 Å². The number of anilines is 3. The Morgan fingerprint density at radius 1 is 0.970 bits per heavy atom. The van der Waals surface area contributed by atoms with Crippen LogP contribution in [0.25, 0.3) is 0 Å². The Bertz CT molecular complexity index is 1100. The lowest BCUT2D eigenvalue weighted by Crippen LogP contribution is -2.49. The lowest BCUT2D eigenvalue weighted by Gasteiger charge is -2.35. The third kappa shape index (κ3) is 5.88. The molecule has 1 fully saturated rings. The first-order chi connectivity index (χ1) is 15.8. The molecule has 1 amide bonds. The van der Waals surface area contributed by atoms with Crippen LogP contribution in [0.15, 0.2) is 54.7 Å². The van der Waals surface area contributed by atoms with Crippen LogP contribution in [-0.2, 0) is 0 Å². The number of carbonyl (C=O) groups is 1. The van der Waals surface area contributed by atoms with Crippen LogP contribution in [0.5, 0.6) is 5.75 Å². The normalized spacial score (nSPS) is 14.2. The summed E-state index contributed by atoms with van der Waals surface area (Å²) >= 11 is 0. The summed E-state index contributed by atoms with van der Waals surface area (Å²) < 4.78 is 40.7. The smallest absolute Gasteiger partial charge is 0.406 e. The van der Waals surface area contributed by atoms with E-state index in [-0.39, 0.29) is 11.7 Å². The number of hydrogen-bond acceptors (Lipinski definition) is 7. The van der Waals surface area contributed by atoms with Gasteiger partial charge in [-0.3, -0.25) is 4.79 Å². The highest BCUT2D eigenvalue weighted by Gasteiger charge is 2.31. The van der Waals surface area contributed by atoms with Crippen LogP contribution < -0.4 is 15.0 Å². The van der Waals surface area contributed by atoms with E-state index < -0.39 is 6.36 Å². The van der Waals surface area contributed by atoms with Gasteiger partial charge in [0, 0.05) is 37.9 Å². The van der Waals surface area contributed by atoms with E-state index in [1.54, 1.807) is 11.1 Å². The molecule has 2 aromatic heterocycles. The zero-order valence-electron chi connectivity index (χ0n) is 17.7. The second-order valence-corrected chi connectivity index (χ2v) is 7.47. The van der Waals surface area contributed by atoms with Crippen molar-refractivity contribution in [1.82, 2.24) is 20.1 Å². The Morgan fingerprint density at radius 2 is 1.70 bits per heavy atom. The molecule has 1 aliphatic rings. The van der Waals surface area contributed by atoms with E-state index in [0.29, 0.717) is 49.2 Å². The summed E-state index contributed by atoms with van der Waals surface area (Å²) in [5, 5.41) is 11.6. The Labute approximate surface area is 188 Å². The van der Waals surface area contributed by atoms with Gasteiger partial charge in [-0.15, -0.1) is 23.4 Å². The number of nitrogens with zero attached hydrogens (tertiary/aromatic N) is 5. The maximum Gasteiger partial charge on any atom is 0.573 e. The Kier molecular flexibility index (Phi) is 6.29.